The molecule has 1 aliphatic carbocycles. The molecule has 2 N–H and O–H groups in total. The number of rotatable bonds is 3. The van der Waals surface area contributed by atoms with E-state index in [0.29, 0.717) is 17.7 Å². The lowest BCUT2D eigenvalue weighted by molar-refractivity contribution is 0.304. The molecular weight excluding hydrogens is 178 g/mol. The van der Waals surface area contributed by atoms with Crippen molar-refractivity contribution >= 4 is 11.5 Å². The van der Waals surface area contributed by atoms with Crippen LogP contribution in [0.15, 0.2) is 12.3 Å². The predicted molar refractivity (Wildman–Crippen MR) is 56.6 cm³/mol. The van der Waals surface area contributed by atoms with Crippen LogP contribution in [0, 0.1) is 0 Å². The molecule has 1 saturated carbocycles. The van der Waals surface area contributed by atoms with E-state index in [2.05, 4.69) is 4.98 Å². The molecule has 0 atom stereocenters. The number of nitrogen functional groups attached to an aromatic ring is 1. The minimum absolute atomic E-state index is 0.358. The minimum Gasteiger partial charge on any atom is -0.486 e. The normalized spacial score (nSPS) is 15.3. The van der Waals surface area contributed by atoms with E-state index in [1.807, 2.05) is 25.1 Å². The molecule has 0 radical (unpaired) electrons. The molecule has 1 aliphatic rings. The summed E-state index contributed by atoms with van der Waals surface area (Å²) in [6.45, 7) is 0. The highest BCUT2D eigenvalue weighted by molar-refractivity contribution is 5.56. The van der Waals surface area contributed by atoms with Crippen LogP contribution in [0.25, 0.3) is 0 Å². The van der Waals surface area contributed by atoms with Crippen molar-refractivity contribution in [1.29, 1.82) is 0 Å². The van der Waals surface area contributed by atoms with Crippen molar-refractivity contribution in [2.75, 3.05) is 24.7 Å². The average molecular weight is 193 g/mol. The van der Waals surface area contributed by atoms with Gasteiger partial charge in [-0.15, -0.1) is 0 Å². The Labute approximate surface area is 83.7 Å². The van der Waals surface area contributed by atoms with Crippen LogP contribution in [0.2, 0.25) is 0 Å². The zero-order chi connectivity index (χ0) is 10.1. The topological polar surface area (TPSA) is 51.4 Å². The van der Waals surface area contributed by atoms with Crippen LogP contribution in [0.4, 0.5) is 11.5 Å². The quantitative estimate of drug-likeness (QED) is 0.785. The van der Waals surface area contributed by atoms with Gasteiger partial charge in [0.05, 0.1) is 18.0 Å². The van der Waals surface area contributed by atoms with Crippen LogP contribution in [0.3, 0.4) is 0 Å². The molecule has 0 aliphatic heterocycles. The van der Waals surface area contributed by atoms with Gasteiger partial charge in [0.25, 0.3) is 0 Å². The van der Waals surface area contributed by atoms with Gasteiger partial charge in [0.1, 0.15) is 0 Å². The molecule has 76 valence electrons. The first-order chi connectivity index (χ1) is 6.66. The predicted octanol–water partition coefficient (Wildman–Crippen LogP) is 1.27. The lowest BCUT2D eigenvalue weighted by Gasteiger charge is -2.14. The van der Waals surface area contributed by atoms with Crippen molar-refractivity contribution in [3.8, 4) is 5.75 Å². The summed E-state index contributed by atoms with van der Waals surface area (Å²) < 4.78 is 5.63. The molecule has 0 spiro atoms. The molecule has 1 aromatic heterocycles. The van der Waals surface area contributed by atoms with Crippen LogP contribution in [0.5, 0.6) is 5.75 Å². The molecule has 2 rings (SSSR count). The van der Waals surface area contributed by atoms with Gasteiger partial charge in [-0.2, -0.15) is 0 Å². The van der Waals surface area contributed by atoms with E-state index in [4.69, 9.17) is 10.5 Å². The SMILES string of the molecule is CN(C)c1cnc(N)c(OC2CC2)c1. The van der Waals surface area contributed by atoms with Gasteiger partial charge >= 0.3 is 0 Å². The van der Waals surface area contributed by atoms with Gasteiger partial charge in [-0.25, -0.2) is 4.98 Å². The summed E-state index contributed by atoms with van der Waals surface area (Å²) in [5.41, 5.74) is 6.72. The second kappa shape index (κ2) is 3.36. The Morgan fingerprint density at radius 3 is 2.79 bits per heavy atom. The van der Waals surface area contributed by atoms with E-state index in [9.17, 15) is 0 Å². The van der Waals surface area contributed by atoms with Gasteiger partial charge < -0.3 is 15.4 Å². The summed E-state index contributed by atoms with van der Waals surface area (Å²) in [5.74, 6) is 1.18. The monoisotopic (exact) mass is 193 g/mol. The van der Waals surface area contributed by atoms with E-state index in [-0.39, 0.29) is 0 Å². The van der Waals surface area contributed by atoms with Crippen LogP contribution in [-0.2, 0) is 0 Å². The molecule has 1 aromatic rings. The van der Waals surface area contributed by atoms with Gasteiger partial charge in [-0.1, -0.05) is 0 Å². The number of hydrogen-bond donors (Lipinski definition) is 1. The third-order valence-corrected chi connectivity index (χ3v) is 2.20. The Balaban J connectivity index is 2.21. The summed E-state index contributed by atoms with van der Waals surface area (Å²) in [6, 6.07) is 1.93. The van der Waals surface area contributed by atoms with Gasteiger partial charge in [-0.3, -0.25) is 0 Å². The summed E-state index contributed by atoms with van der Waals surface area (Å²) >= 11 is 0. The fraction of sp³-hybridized carbons (Fsp3) is 0.500. The number of ether oxygens (including phenoxy) is 1. The molecule has 0 aromatic carbocycles. The third kappa shape index (κ3) is 1.89. The maximum absolute atomic E-state index is 5.71. The van der Waals surface area contributed by atoms with Crippen LogP contribution < -0.4 is 15.4 Å². The first-order valence-electron chi connectivity index (χ1n) is 4.76. The van der Waals surface area contributed by atoms with Gasteiger partial charge in [-0.05, 0) is 12.8 Å². The molecule has 0 bridgehead atoms. The average Bonchev–Trinajstić information content (AvgIpc) is 2.92. The van der Waals surface area contributed by atoms with Gasteiger partial charge in [0.15, 0.2) is 11.6 Å². The first kappa shape index (κ1) is 9.12. The van der Waals surface area contributed by atoms with Crippen molar-refractivity contribution in [2.45, 2.75) is 18.9 Å². The van der Waals surface area contributed by atoms with Gasteiger partial charge in [0, 0.05) is 20.2 Å². The summed E-state index contributed by atoms with van der Waals surface area (Å²) in [4.78, 5) is 6.07. The van der Waals surface area contributed by atoms with E-state index in [0.717, 1.165) is 18.5 Å². The maximum Gasteiger partial charge on any atom is 0.166 e. The van der Waals surface area contributed by atoms with Crippen molar-refractivity contribution < 1.29 is 4.74 Å². The van der Waals surface area contributed by atoms with E-state index in [1.54, 1.807) is 6.20 Å². The molecular formula is C10H15N3O. The number of nitrogens with zero attached hydrogens (tertiary/aromatic N) is 2. The number of anilines is 2. The zero-order valence-electron chi connectivity index (χ0n) is 8.53. The number of pyridine rings is 1. The maximum atomic E-state index is 5.71. The standard InChI is InChI=1S/C10H15N3O/c1-13(2)7-5-9(10(11)12-6-7)14-8-3-4-8/h5-6,8H,3-4H2,1-2H3,(H2,11,12). The fourth-order valence-electron chi connectivity index (χ4n) is 1.15. The molecule has 1 heterocycles. The third-order valence-electron chi connectivity index (χ3n) is 2.20. The minimum atomic E-state index is 0.358. The second-order valence-electron chi connectivity index (χ2n) is 3.79. The Bertz CT molecular complexity index is 334. The lowest BCUT2D eigenvalue weighted by Crippen LogP contribution is -2.10. The van der Waals surface area contributed by atoms with Crippen LogP contribution in [0.1, 0.15) is 12.8 Å². The molecule has 4 nitrogen and oxygen atoms in total. The van der Waals surface area contributed by atoms with Crippen molar-refractivity contribution in [3.63, 3.8) is 0 Å². The molecule has 4 heteroatoms. The van der Waals surface area contributed by atoms with E-state index in [1.165, 1.54) is 0 Å². The molecule has 0 saturated heterocycles. The molecule has 0 amide bonds. The molecule has 1 fully saturated rings. The Morgan fingerprint density at radius 2 is 2.21 bits per heavy atom. The lowest BCUT2D eigenvalue weighted by atomic mass is 10.3. The highest BCUT2D eigenvalue weighted by Gasteiger charge is 2.24. The summed E-state index contributed by atoms with van der Waals surface area (Å²) in [7, 11) is 3.93. The second-order valence-corrected chi connectivity index (χ2v) is 3.79. The largest absolute Gasteiger partial charge is 0.486 e. The highest BCUT2D eigenvalue weighted by Crippen LogP contribution is 2.31. The molecule has 0 unspecified atom stereocenters. The van der Waals surface area contributed by atoms with Gasteiger partial charge in [0.2, 0.25) is 0 Å². The van der Waals surface area contributed by atoms with Crippen molar-refractivity contribution in [3.05, 3.63) is 12.3 Å². The Morgan fingerprint density at radius 1 is 1.50 bits per heavy atom. The van der Waals surface area contributed by atoms with Crippen LogP contribution >= 0.6 is 0 Å². The van der Waals surface area contributed by atoms with Crippen LogP contribution in [-0.4, -0.2) is 25.2 Å². The van der Waals surface area contributed by atoms with Crippen molar-refractivity contribution in [1.82, 2.24) is 4.98 Å². The van der Waals surface area contributed by atoms with Crippen molar-refractivity contribution in [2.24, 2.45) is 0 Å². The smallest absolute Gasteiger partial charge is 0.166 e. The fourth-order valence-corrected chi connectivity index (χ4v) is 1.15. The Hall–Kier alpha value is -1.45. The first-order valence-corrected chi connectivity index (χ1v) is 4.76. The van der Waals surface area contributed by atoms with E-state index < -0.39 is 0 Å². The number of nitrogens with two attached hydrogens (primary N) is 1. The molecule has 14 heavy (non-hydrogen) atoms. The summed E-state index contributed by atoms with van der Waals surface area (Å²) in [5, 5.41) is 0. The zero-order valence-corrected chi connectivity index (χ0v) is 8.53. The highest BCUT2D eigenvalue weighted by atomic mass is 16.5. The number of hydrogen-bond acceptors (Lipinski definition) is 4. The number of aromatic nitrogens is 1. The Kier molecular flexibility index (Phi) is 2.19. The summed E-state index contributed by atoms with van der Waals surface area (Å²) in [6.07, 6.45) is 4.36. The van der Waals surface area contributed by atoms with E-state index >= 15 is 0 Å².